The van der Waals surface area contributed by atoms with Crippen LogP contribution in [0.5, 0.6) is 0 Å². The Balaban J connectivity index is 1.31. The number of benzene rings is 2. The topological polar surface area (TPSA) is 47.1 Å². The van der Waals surface area contributed by atoms with E-state index in [0.717, 1.165) is 18.8 Å². The largest absolute Gasteiger partial charge is 0.368 e. The van der Waals surface area contributed by atoms with E-state index < -0.39 is 0 Å². The molecule has 0 radical (unpaired) electrons. The van der Waals surface area contributed by atoms with Gasteiger partial charge in [-0.1, -0.05) is 23.7 Å². The van der Waals surface area contributed by atoms with Crippen molar-refractivity contribution in [2.45, 2.75) is 6.92 Å². The Morgan fingerprint density at radius 1 is 0.931 bits per heavy atom. The lowest BCUT2D eigenvalue weighted by atomic mass is 10.2. The van der Waals surface area contributed by atoms with Crippen LogP contribution in [0.1, 0.15) is 5.56 Å². The Kier molecular flexibility index (Phi) is 5.62. The number of anilines is 2. The molecule has 2 aromatic rings. The van der Waals surface area contributed by atoms with Crippen molar-refractivity contribution in [3.05, 3.63) is 59.1 Å². The molecule has 7 heteroatoms. The molecule has 29 heavy (non-hydrogen) atoms. The van der Waals surface area contributed by atoms with Crippen molar-refractivity contribution < 1.29 is 9.59 Å². The standard InChI is InChI=1S/C22H25ClN4O2/c1-17-3-2-4-20(15-17)24-9-11-25(12-10-24)21(28)16-26-13-14-27(22(26)29)19-7-5-18(23)6-8-19/h2-8,15H,9-14,16H2,1H3. The van der Waals surface area contributed by atoms with E-state index in [1.165, 1.54) is 11.3 Å². The fourth-order valence-electron chi connectivity index (χ4n) is 3.89. The van der Waals surface area contributed by atoms with Crippen molar-refractivity contribution >= 4 is 34.9 Å². The minimum atomic E-state index is -0.126. The maximum Gasteiger partial charge on any atom is 0.325 e. The van der Waals surface area contributed by atoms with Gasteiger partial charge in [-0.25, -0.2) is 4.79 Å². The number of halogens is 1. The van der Waals surface area contributed by atoms with Gasteiger partial charge in [0.05, 0.1) is 0 Å². The molecule has 0 aromatic heterocycles. The summed E-state index contributed by atoms with van der Waals surface area (Å²) in [4.78, 5) is 33.0. The number of amides is 3. The van der Waals surface area contributed by atoms with E-state index in [-0.39, 0.29) is 18.5 Å². The fraction of sp³-hybridized carbons (Fsp3) is 0.364. The average molecular weight is 413 g/mol. The molecular weight excluding hydrogens is 388 g/mol. The third-order valence-electron chi connectivity index (χ3n) is 5.56. The van der Waals surface area contributed by atoms with Gasteiger partial charge in [-0.3, -0.25) is 9.69 Å². The summed E-state index contributed by atoms with van der Waals surface area (Å²) in [6.45, 7) is 6.31. The van der Waals surface area contributed by atoms with Gasteiger partial charge in [0, 0.05) is 55.7 Å². The Morgan fingerprint density at radius 2 is 1.66 bits per heavy atom. The van der Waals surface area contributed by atoms with Crippen LogP contribution in [0, 0.1) is 6.92 Å². The molecule has 0 bridgehead atoms. The number of carbonyl (C=O) groups is 2. The molecule has 0 spiro atoms. The highest BCUT2D eigenvalue weighted by Gasteiger charge is 2.32. The lowest BCUT2D eigenvalue weighted by Crippen LogP contribution is -2.51. The molecule has 152 valence electrons. The summed E-state index contributed by atoms with van der Waals surface area (Å²) in [7, 11) is 0. The molecule has 0 atom stereocenters. The second-order valence-electron chi connectivity index (χ2n) is 7.54. The van der Waals surface area contributed by atoms with Gasteiger partial charge in [-0.15, -0.1) is 0 Å². The Labute approximate surface area is 176 Å². The van der Waals surface area contributed by atoms with Gasteiger partial charge >= 0.3 is 6.03 Å². The molecule has 4 rings (SSSR count). The smallest absolute Gasteiger partial charge is 0.325 e. The molecule has 2 aromatic carbocycles. The second kappa shape index (κ2) is 8.33. The van der Waals surface area contributed by atoms with E-state index in [0.29, 0.717) is 31.2 Å². The van der Waals surface area contributed by atoms with Crippen LogP contribution in [-0.2, 0) is 4.79 Å². The zero-order chi connectivity index (χ0) is 20.4. The molecule has 0 aliphatic carbocycles. The summed E-state index contributed by atoms with van der Waals surface area (Å²) in [5.74, 6) is 0.0141. The lowest BCUT2D eigenvalue weighted by Gasteiger charge is -2.36. The highest BCUT2D eigenvalue weighted by atomic mass is 35.5. The molecule has 0 saturated carbocycles. The van der Waals surface area contributed by atoms with Crippen LogP contribution < -0.4 is 9.80 Å². The maximum absolute atomic E-state index is 12.8. The van der Waals surface area contributed by atoms with Gasteiger partial charge in [0.1, 0.15) is 6.54 Å². The number of urea groups is 1. The van der Waals surface area contributed by atoms with Gasteiger partial charge in [-0.05, 0) is 48.9 Å². The van der Waals surface area contributed by atoms with Gasteiger partial charge in [0.15, 0.2) is 0 Å². The summed E-state index contributed by atoms with van der Waals surface area (Å²) < 4.78 is 0. The zero-order valence-electron chi connectivity index (χ0n) is 16.6. The van der Waals surface area contributed by atoms with E-state index in [1.54, 1.807) is 21.9 Å². The summed E-state index contributed by atoms with van der Waals surface area (Å²) in [5.41, 5.74) is 3.24. The Hall–Kier alpha value is -2.73. The van der Waals surface area contributed by atoms with Crippen LogP contribution in [0.15, 0.2) is 48.5 Å². The molecule has 3 amide bonds. The highest BCUT2D eigenvalue weighted by Crippen LogP contribution is 2.23. The van der Waals surface area contributed by atoms with Crippen LogP contribution in [-0.4, -0.2) is 67.6 Å². The summed E-state index contributed by atoms with van der Waals surface area (Å²) in [5, 5.41) is 0.636. The zero-order valence-corrected chi connectivity index (χ0v) is 17.3. The van der Waals surface area contributed by atoms with E-state index in [2.05, 4.69) is 36.1 Å². The number of hydrogen-bond donors (Lipinski definition) is 0. The first-order chi connectivity index (χ1) is 14.0. The number of hydrogen-bond acceptors (Lipinski definition) is 3. The van der Waals surface area contributed by atoms with Gasteiger partial charge in [-0.2, -0.15) is 0 Å². The van der Waals surface area contributed by atoms with Crippen LogP contribution in [0.3, 0.4) is 0 Å². The van der Waals surface area contributed by atoms with E-state index in [4.69, 9.17) is 11.6 Å². The van der Waals surface area contributed by atoms with Crippen LogP contribution in [0.2, 0.25) is 5.02 Å². The van der Waals surface area contributed by atoms with Crippen molar-refractivity contribution in [2.24, 2.45) is 0 Å². The molecule has 2 heterocycles. The van der Waals surface area contributed by atoms with Crippen LogP contribution in [0.25, 0.3) is 0 Å². The first kappa shape index (κ1) is 19.6. The van der Waals surface area contributed by atoms with Crippen LogP contribution in [0.4, 0.5) is 16.2 Å². The number of rotatable bonds is 4. The first-order valence-corrected chi connectivity index (χ1v) is 10.3. The van der Waals surface area contributed by atoms with E-state index in [1.807, 2.05) is 17.0 Å². The van der Waals surface area contributed by atoms with Crippen molar-refractivity contribution in [2.75, 3.05) is 55.6 Å². The van der Waals surface area contributed by atoms with Gasteiger partial charge in [0.2, 0.25) is 5.91 Å². The monoisotopic (exact) mass is 412 g/mol. The number of piperazine rings is 1. The molecule has 2 aliphatic rings. The molecule has 2 saturated heterocycles. The third-order valence-corrected chi connectivity index (χ3v) is 5.81. The quantitative estimate of drug-likeness (QED) is 0.774. The van der Waals surface area contributed by atoms with Crippen molar-refractivity contribution in [1.82, 2.24) is 9.80 Å². The molecule has 2 aliphatic heterocycles. The predicted molar refractivity (Wildman–Crippen MR) is 116 cm³/mol. The lowest BCUT2D eigenvalue weighted by molar-refractivity contribution is -0.131. The maximum atomic E-state index is 12.8. The predicted octanol–water partition coefficient (Wildman–Crippen LogP) is 3.24. The summed E-state index contributed by atoms with van der Waals surface area (Å²) >= 11 is 5.93. The SMILES string of the molecule is Cc1cccc(N2CCN(C(=O)CN3CCN(c4ccc(Cl)cc4)C3=O)CC2)c1. The van der Waals surface area contributed by atoms with E-state index in [9.17, 15) is 9.59 Å². The van der Waals surface area contributed by atoms with Crippen LogP contribution >= 0.6 is 11.6 Å². The summed E-state index contributed by atoms with van der Waals surface area (Å²) in [6.07, 6.45) is 0. The van der Waals surface area contributed by atoms with Crippen molar-refractivity contribution in [3.8, 4) is 0 Å². The normalized spacial score (nSPS) is 17.2. The third kappa shape index (κ3) is 4.32. The highest BCUT2D eigenvalue weighted by molar-refractivity contribution is 6.30. The second-order valence-corrected chi connectivity index (χ2v) is 7.98. The first-order valence-electron chi connectivity index (χ1n) is 9.93. The molecule has 0 N–H and O–H groups in total. The fourth-order valence-corrected chi connectivity index (χ4v) is 4.02. The summed E-state index contributed by atoms with van der Waals surface area (Å²) in [6, 6.07) is 15.5. The number of carbonyl (C=O) groups excluding carboxylic acids is 2. The molecule has 2 fully saturated rings. The van der Waals surface area contributed by atoms with E-state index >= 15 is 0 Å². The van der Waals surface area contributed by atoms with Gasteiger partial charge < -0.3 is 14.7 Å². The molecular formula is C22H25ClN4O2. The van der Waals surface area contributed by atoms with Crippen molar-refractivity contribution in [3.63, 3.8) is 0 Å². The Bertz CT molecular complexity index is 894. The number of nitrogens with zero attached hydrogens (tertiary/aromatic N) is 4. The number of aryl methyl sites for hydroxylation is 1. The Morgan fingerprint density at radius 3 is 2.34 bits per heavy atom. The molecule has 0 unspecified atom stereocenters. The molecule has 6 nitrogen and oxygen atoms in total. The minimum Gasteiger partial charge on any atom is -0.368 e. The minimum absolute atomic E-state index is 0.0141. The average Bonchev–Trinajstić information content (AvgIpc) is 3.09. The van der Waals surface area contributed by atoms with Crippen molar-refractivity contribution in [1.29, 1.82) is 0 Å². The van der Waals surface area contributed by atoms with Gasteiger partial charge in [0.25, 0.3) is 0 Å².